The molecule has 0 N–H and O–H groups in total. The molecule has 0 bridgehead atoms. The molecule has 1 aliphatic rings. The van der Waals surface area contributed by atoms with Crippen LogP contribution < -0.4 is 14.0 Å². The van der Waals surface area contributed by atoms with Gasteiger partial charge < -0.3 is 14.0 Å². The molecule has 2 aromatic heterocycles. The molecule has 0 spiro atoms. The maximum absolute atomic E-state index is 11.1. The lowest BCUT2D eigenvalue weighted by Gasteiger charge is -2.21. The summed E-state index contributed by atoms with van der Waals surface area (Å²) in [6, 6.07) is 17.0. The van der Waals surface area contributed by atoms with E-state index in [0.717, 1.165) is 36.4 Å². The third-order valence-corrected chi connectivity index (χ3v) is 10.8. The molecule has 0 aliphatic carbocycles. The Morgan fingerprint density at radius 2 is 1.58 bits per heavy atom. The van der Waals surface area contributed by atoms with E-state index in [0.29, 0.717) is 23.1 Å². The summed E-state index contributed by atoms with van der Waals surface area (Å²) in [7, 11) is -6.66. The zero-order chi connectivity index (χ0) is 32.8. The predicted molar refractivity (Wildman–Crippen MR) is 179 cm³/mol. The number of benzene rings is 2. The van der Waals surface area contributed by atoms with E-state index in [1.54, 1.807) is 12.1 Å². The van der Waals surface area contributed by atoms with Gasteiger partial charge in [0.15, 0.2) is 18.9 Å². The molecule has 0 saturated carbocycles. The molecule has 0 radical (unpaired) electrons. The molecule has 1 aliphatic heterocycles. The second-order valence-corrected chi connectivity index (χ2v) is 16.3. The maximum atomic E-state index is 11.1. The number of thioether (sulfide) groups is 1. The molecule has 0 saturated heterocycles. The van der Waals surface area contributed by atoms with Crippen molar-refractivity contribution in [3.8, 4) is 0 Å². The van der Waals surface area contributed by atoms with Crippen molar-refractivity contribution >= 4 is 88.5 Å². The number of aryl methyl sites for hydroxylation is 2. The average molecular weight is 729 g/mol. The van der Waals surface area contributed by atoms with Gasteiger partial charge in [0.2, 0.25) is 5.52 Å². The molecule has 2 aromatic carbocycles. The Bertz CT molecular complexity index is 1950. The summed E-state index contributed by atoms with van der Waals surface area (Å²) in [5, 5.41) is 2.80. The Morgan fingerprint density at radius 3 is 2.22 bits per heavy atom. The summed E-state index contributed by atoms with van der Waals surface area (Å²) in [4.78, 5) is 2.91. The normalized spacial score (nSPS) is 14.5. The molecule has 5 rings (SSSR count). The van der Waals surface area contributed by atoms with Crippen LogP contribution in [0.2, 0.25) is 10.0 Å². The highest BCUT2D eigenvalue weighted by Gasteiger charge is 2.26. The van der Waals surface area contributed by atoms with E-state index < -0.39 is 31.7 Å². The van der Waals surface area contributed by atoms with Crippen LogP contribution in [0.1, 0.15) is 24.8 Å². The van der Waals surface area contributed by atoms with Crippen LogP contribution in [0.25, 0.3) is 16.3 Å². The average Bonchev–Trinajstić information content (AvgIpc) is 3.44. The SMILES string of the molecule is CC(/C=C1\Sc2ccc(Cl)cc2N1CCCS(=O)(=O)[O-])=C\c1sc2ccc(Cl)cc2[n+]1CCCS(=O)(=O)[O-].C[n+]1ccccc1. The fourth-order valence-electron chi connectivity index (χ4n) is 4.54. The van der Waals surface area contributed by atoms with Crippen molar-refractivity contribution in [3.63, 3.8) is 0 Å². The summed E-state index contributed by atoms with van der Waals surface area (Å²) in [6.45, 7) is 2.57. The minimum absolute atomic E-state index is 0.165. The van der Waals surface area contributed by atoms with E-state index in [1.807, 2.05) is 95.0 Å². The lowest BCUT2D eigenvalue weighted by molar-refractivity contribution is -0.671. The molecule has 0 atom stereocenters. The third-order valence-electron chi connectivity index (χ3n) is 6.50. The molecule has 0 amide bonds. The van der Waals surface area contributed by atoms with Crippen molar-refractivity contribution in [3.05, 3.63) is 98.7 Å². The van der Waals surface area contributed by atoms with Crippen LogP contribution in [-0.2, 0) is 33.8 Å². The first-order valence-corrected chi connectivity index (χ1v) is 19.3. The Labute approximate surface area is 281 Å². The summed E-state index contributed by atoms with van der Waals surface area (Å²) in [6.07, 6.45) is 8.26. The van der Waals surface area contributed by atoms with Crippen molar-refractivity contribution in [1.82, 2.24) is 0 Å². The first-order valence-electron chi connectivity index (χ1n) is 13.7. The highest BCUT2D eigenvalue weighted by atomic mass is 35.5. The van der Waals surface area contributed by atoms with Crippen LogP contribution in [0.5, 0.6) is 0 Å². The highest BCUT2D eigenvalue weighted by molar-refractivity contribution is 8.03. The molecule has 45 heavy (non-hydrogen) atoms. The predicted octanol–water partition coefficient (Wildman–Crippen LogP) is 5.73. The minimum atomic E-state index is -4.33. The van der Waals surface area contributed by atoms with E-state index in [9.17, 15) is 25.9 Å². The van der Waals surface area contributed by atoms with E-state index in [1.165, 1.54) is 23.1 Å². The Morgan fingerprint density at radius 1 is 0.933 bits per heavy atom. The molecule has 0 unspecified atom stereocenters. The number of nitrogens with zero attached hydrogens (tertiary/aromatic N) is 3. The van der Waals surface area contributed by atoms with E-state index in [2.05, 4.69) is 0 Å². The Hall–Kier alpha value is -2.49. The molecular formula is C30H31Cl2N3O6S4. The number of pyridine rings is 1. The van der Waals surface area contributed by atoms with Crippen molar-refractivity contribution < 1.29 is 35.1 Å². The van der Waals surface area contributed by atoms with Crippen LogP contribution in [-0.4, -0.2) is 44.0 Å². The summed E-state index contributed by atoms with van der Waals surface area (Å²) < 4.78 is 71.8. The van der Waals surface area contributed by atoms with Gasteiger partial charge in [0.1, 0.15) is 11.7 Å². The van der Waals surface area contributed by atoms with Crippen LogP contribution in [0.15, 0.2) is 88.6 Å². The van der Waals surface area contributed by atoms with E-state index >= 15 is 0 Å². The fourth-order valence-corrected chi connectivity index (χ4v) is 8.20. The maximum Gasteiger partial charge on any atom is 0.263 e. The molecule has 15 heteroatoms. The number of halogens is 2. The van der Waals surface area contributed by atoms with Gasteiger partial charge in [-0.25, -0.2) is 21.4 Å². The van der Waals surface area contributed by atoms with Gasteiger partial charge >= 0.3 is 0 Å². The van der Waals surface area contributed by atoms with Gasteiger partial charge in [-0.05, 0) is 55.3 Å². The summed E-state index contributed by atoms with van der Waals surface area (Å²) in [5.74, 6) is -0.925. The van der Waals surface area contributed by atoms with Crippen LogP contribution in [0.4, 0.5) is 5.69 Å². The van der Waals surface area contributed by atoms with E-state index in [-0.39, 0.29) is 12.8 Å². The van der Waals surface area contributed by atoms with Gasteiger partial charge in [-0.15, -0.1) is 0 Å². The van der Waals surface area contributed by atoms with Crippen LogP contribution in [0.3, 0.4) is 0 Å². The fraction of sp³-hybridized carbons (Fsp3) is 0.267. The van der Waals surface area contributed by atoms with Gasteiger partial charge in [0, 0.05) is 63.7 Å². The molecule has 9 nitrogen and oxygen atoms in total. The number of aromatic nitrogens is 2. The quantitative estimate of drug-likeness (QED) is 0.150. The first kappa shape index (κ1) is 35.4. The number of anilines is 1. The Kier molecular flexibility index (Phi) is 12.1. The molecule has 4 aromatic rings. The van der Waals surface area contributed by atoms with Crippen molar-refractivity contribution in [2.75, 3.05) is 23.0 Å². The smallest absolute Gasteiger partial charge is 0.263 e. The third kappa shape index (κ3) is 10.8. The van der Waals surface area contributed by atoms with E-state index in [4.69, 9.17) is 23.2 Å². The number of allylic oxidation sites excluding steroid dienone is 2. The monoisotopic (exact) mass is 727 g/mol. The van der Waals surface area contributed by atoms with Gasteiger partial charge in [0.25, 0.3) is 5.01 Å². The number of hydrogen-bond acceptors (Lipinski definition) is 9. The molecule has 240 valence electrons. The zero-order valence-corrected chi connectivity index (χ0v) is 29.2. The summed E-state index contributed by atoms with van der Waals surface area (Å²) in [5.41, 5.74) is 2.57. The van der Waals surface area contributed by atoms with Crippen molar-refractivity contribution in [2.24, 2.45) is 7.05 Å². The van der Waals surface area contributed by atoms with Crippen molar-refractivity contribution in [1.29, 1.82) is 0 Å². The van der Waals surface area contributed by atoms with Gasteiger partial charge in [-0.2, -0.15) is 4.57 Å². The zero-order valence-electron chi connectivity index (χ0n) is 24.4. The summed E-state index contributed by atoms with van der Waals surface area (Å²) >= 11 is 15.5. The lowest BCUT2D eigenvalue weighted by atomic mass is 10.2. The van der Waals surface area contributed by atoms with Crippen LogP contribution >= 0.6 is 46.3 Å². The first-order chi connectivity index (χ1) is 21.2. The van der Waals surface area contributed by atoms with Gasteiger partial charge in [-0.1, -0.05) is 52.4 Å². The number of fused-ring (bicyclic) bond motifs is 2. The molecule has 3 heterocycles. The van der Waals surface area contributed by atoms with Crippen molar-refractivity contribution in [2.45, 2.75) is 31.2 Å². The molecular weight excluding hydrogens is 698 g/mol. The number of hydrogen-bond donors (Lipinski definition) is 0. The largest absolute Gasteiger partial charge is 0.748 e. The number of rotatable bonds is 10. The van der Waals surface area contributed by atoms with Crippen LogP contribution in [0, 0.1) is 0 Å². The molecule has 0 fully saturated rings. The topological polar surface area (TPSA) is 125 Å². The standard InChI is InChI=1S/C24H24Cl2N2O6S4.C6H8N/c1-16(12-23-27(8-2-10-37(29,30)31)19-14-17(25)4-6-21(19)35-23)13-24-28(9-3-11-38(32,33)34)20-15-18(26)5-7-22(20)36-24;1-7-5-3-2-4-6-7/h4-7,12-15H,2-3,8-11H2,1H3,(H-,29,30,31,32,33,34);2-6H,1H3/q;+1/p-1. The lowest BCUT2D eigenvalue weighted by Crippen LogP contribution is -2.36. The van der Waals surface area contributed by atoms with Gasteiger partial charge in [-0.3, -0.25) is 0 Å². The second kappa shape index (κ2) is 15.4. The van der Waals surface area contributed by atoms with Gasteiger partial charge in [0.05, 0.1) is 31.0 Å². The minimum Gasteiger partial charge on any atom is -0.748 e. The highest BCUT2D eigenvalue weighted by Crippen LogP contribution is 2.47. The Balaban J connectivity index is 0.000000580. The number of thiazole rings is 1. The second-order valence-electron chi connectivity index (χ2n) is 10.2.